The molecule has 1 aromatic rings. The van der Waals surface area contributed by atoms with Gasteiger partial charge >= 0.3 is 0 Å². The molecule has 0 unspecified atom stereocenters. The molecule has 98 valence electrons. The highest BCUT2D eigenvalue weighted by Gasteiger charge is 2.09. The molecule has 0 saturated heterocycles. The highest BCUT2D eigenvalue weighted by Crippen LogP contribution is 2.22. The van der Waals surface area contributed by atoms with E-state index in [1.165, 1.54) is 12.0 Å². The van der Waals surface area contributed by atoms with E-state index in [2.05, 4.69) is 44.0 Å². The summed E-state index contributed by atoms with van der Waals surface area (Å²) in [5, 5.41) is 0. The van der Waals surface area contributed by atoms with E-state index in [1.807, 2.05) is 13.0 Å². The lowest BCUT2D eigenvalue weighted by molar-refractivity contribution is 0.411. The molecule has 2 rings (SSSR count). The van der Waals surface area contributed by atoms with Crippen LogP contribution in [0, 0.1) is 6.92 Å². The van der Waals surface area contributed by atoms with Crippen molar-refractivity contribution in [3.63, 3.8) is 0 Å². The van der Waals surface area contributed by atoms with Gasteiger partial charge in [0, 0.05) is 12.1 Å². The molecule has 0 spiro atoms. The first-order chi connectivity index (χ1) is 8.62. The number of allylic oxidation sites excluding steroid dienone is 2. The zero-order valence-corrected chi connectivity index (χ0v) is 12.1. The van der Waals surface area contributed by atoms with Crippen molar-refractivity contribution in [1.29, 1.82) is 0 Å². The fourth-order valence-corrected chi connectivity index (χ4v) is 1.79. The first kappa shape index (κ1) is 14.5. The summed E-state index contributed by atoms with van der Waals surface area (Å²) in [5.41, 5.74) is 4.61. The van der Waals surface area contributed by atoms with Gasteiger partial charge in [0.1, 0.15) is 5.75 Å². The van der Waals surface area contributed by atoms with E-state index in [1.54, 1.807) is 7.11 Å². The molecule has 0 fully saturated rings. The zero-order chi connectivity index (χ0) is 13.5. The topological polar surface area (TPSA) is 21.6 Å². The van der Waals surface area contributed by atoms with E-state index in [9.17, 15) is 0 Å². The number of nitrogens with zero attached hydrogens (tertiary/aromatic N) is 1. The normalized spacial score (nSPS) is 13.4. The molecule has 0 radical (unpaired) electrons. The molecule has 2 heteroatoms. The maximum Gasteiger partial charge on any atom is 0.121 e. The maximum absolute atomic E-state index is 5.23. The van der Waals surface area contributed by atoms with Gasteiger partial charge in [-0.25, -0.2) is 0 Å². The third-order valence-corrected chi connectivity index (χ3v) is 2.63. The lowest BCUT2D eigenvalue weighted by Gasteiger charge is -2.07. The van der Waals surface area contributed by atoms with Crippen molar-refractivity contribution in [2.24, 2.45) is 4.99 Å². The largest absolute Gasteiger partial charge is 0.496 e. The molecule has 1 aromatic carbocycles. The average molecular weight is 245 g/mol. The van der Waals surface area contributed by atoms with Crippen molar-refractivity contribution in [3.8, 4) is 5.75 Å². The van der Waals surface area contributed by atoms with E-state index >= 15 is 0 Å². The van der Waals surface area contributed by atoms with Gasteiger partial charge in [-0.1, -0.05) is 26.3 Å². The number of aryl methyl sites for hydroxylation is 1. The summed E-state index contributed by atoms with van der Waals surface area (Å²) in [5.74, 6) is 0.932. The fraction of sp³-hybridized carbons (Fsp3) is 0.438. The zero-order valence-electron chi connectivity index (χ0n) is 12.1. The van der Waals surface area contributed by atoms with Gasteiger partial charge in [-0.05, 0) is 43.2 Å². The van der Waals surface area contributed by atoms with Gasteiger partial charge in [-0.2, -0.15) is 0 Å². The lowest BCUT2D eigenvalue weighted by Crippen LogP contribution is -1.98. The lowest BCUT2D eigenvalue weighted by atomic mass is 10.1. The van der Waals surface area contributed by atoms with Crippen LogP contribution < -0.4 is 4.74 Å². The van der Waals surface area contributed by atoms with Crippen LogP contribution in [0.3, 0.4) is 0 Å². The molecule has 0 N–H and O–H groups in total. The quantitative estimate of drug-likeness (QED) is 0.751. The Bertz CT molecular complexity index is 458. The number of rotatable bonds is 2. The highest BCUT2D eigenvalue weighted by molar-refractivity contribution is 6.03. The van der Waals surface area contributed by atoms with Crippen LogP contribution in [0.25, 0.3) is 0 Å². The summed E-state index contributed by atoms with van der Waals surface area (Å²) >= 11 is 0. The molecule has 1 heterocycles. The van der Waals surface area contributed by atoms with Gasteiger partial charge < -0.3 is 4.74 Å². The summed E-state index contributed by atoms with van der Waals surface area (Å²) in [6, 6.07) is 6.20. The fourth-order valence-electron chi connectivity index (χ4n) is 1.79. The van der Waals surface area contributed by atoms with Crippen molar-refractivity contribution >= 4 is 5.71 Å². The number of hydrogen-bond donors (Lipinski definition) is 0. The van der Waals surface area contributed by atoms with E-state index in [0.29, 0.717) is 0 Å². The second kappa shape index (κ2) is 7.00. The van der Waals surface area contributed by atoms with Crippen LogP contribution in [0.5, 0.6) is 5.75 Å². The van der Waals surface area contributed by atoms with Gasteiger partial charge in [0.15, 0.2) is 0 Å². The summed E-state index contributed by atoms with van der Waals surface area (Å²) in [4.78, 5) is 4.49. The summed E-state index contributed by atoms with van der Waals surface area (Å²) in [7, 11) is 1.70. The molecular formula is C16H23NO. The smallest absolute Gasteiger partial charge is 0.121 e. The Morgan fingerprint density at radius 2 is 1.89 bits per heavy atom. The first-order valence-electron chi connectivity index (χ1n) is 6.51. The second-order valence-electron chi connectivity index (χ2n) is 4.50. The minimum atomic E-state index is 0.932. The molecule has 18 heavy (non-hydrogen) atoms. The number of ether oxygens (including phenoxy) is 1. The number of methoxy groups -OCH3 is 1. The molecule has 0 aromatic heterocycles. The van der Waals surface area contributed by atoms with Crippen molar-refractivity contribution in [2.45, 2.75) is 40.5 Å². The Labute approximate surface area is 110 Å². The number of hydrogen-bond acceptors (Lipinski definition) is 2. The van der Waals surface area contributed by atoms with E-state index in [-0.39, 0.29) is 0 Å². The second-order valence-corrected chi connectivity index (χ2v) is 4.50. The van der Waals surface area contributed by atoms with Crippen LogP contribution in [0.2, 0.25) is 0 Å². The average Bonchev–Trinajstić information content (AvgIpc) is 2.77. The third kappa shape index (κ3) is 3.73. The molecule has 0 bridgehead atoms. The minimum absolute atomic E-state index is 0.932. The molecule has 0 amide bonds. The van der Waals surface area contributed by atoms with Crippen LogP contribution in [-0.4, -0.2) is 12.8 Å². The Morgan fingerprint density at radius 3 is 2.33 bits per heavy atom. The van der Waals surface area contributed by atoms with E-state index in [0.717, 1.165) is 29.1 Å². The SMILES string of the molecule is CCC.COc1ccc(C2=NC(C)=CC2)cc1C. The predicted molar refractivity (Wildman–Crippen MR) is 78.6 cm³/mol. The Hall–Kier alpha value is -1.57. The van der Waals surface area contributed by atoms with Crippen LogP contribution in [0.15, 0.2) is 35.0 Å². The molecule has 0 aliphatic carbocycles. The Balaban J connectivity index is 0.000000492. The Morgan fingerprint density at radius 1 is 1.22 bits per heavy atom. The van der Waals surface area contributed by atoms with Gasteiger partial charge in [0.25, 0.3) is 0 Å². The van der Waals surface area contributed by atoms with E-state index in [4.69, 9.17) is 4.74 Å². The monoisotopic (exact) mass is 245 g/mol. The van der Waals surface area contributed by atoms with Crippen molar-refractivity contribution in [1.82, 2.24) is 0 Å². The summed E-state index contributed by atoms with van der Waals surface area (Å²) in [6.07, 6.45) is 4.34. The third-order valence-electron chi connectivity index (χ3n) is 2.63. The molecule has 1 aliphatic heterocycles. The van der Waals surface area contributed by atoms with Crippen molar-refractivity contribution in [3.05, 3.63) is 41.1 Å². The van der Waals surface area contributed by atoms with Gasteiger partial charge in [-0.3, -0.25) is 4.99 Å². The molecule has 2 nitrogen and oxygen atoms in total. The van der Waals surface area contributed by atoms with Crippen molar-refractivity contribution in [2.75, 3.05) is 7.11 Å². The predicted octanol–water partition coefficient (Wildman–Crippen LogP) is 4.52. The summed E-state index contributed by atoms with van der Waals surface area (Å²) < 4.78 is 5.23. The van der Waals surface area contributed by atoms with Crippen LogP contribution >= 0.6 is 0 Å². The minimum Gasteiger partial charge on any atom is -0.496 e. The Kier molecular flexibility index (Phi) is 5.63. The first-order valence-corrected chi connectivity index (χ1v) is 6.51. The van der Waals surface area contributed by atoms with E-state index < -0.39 is 0 Å². The molecular weight excluding hydrogens is 222 g/mol. The molecule has 0 atom stereocenters. The van der Waals surface area contributed by atoms with Gasteiger partial charge in [0.2, 0.25) is 0 Å². The van der Waals surface area contributed by atoms with Crippen molar-refractivity contribution < 1.29 is 4.74 Å². The van der Waals surface area contributed by atoms with Crippen LogP contribution in [-0.2, 0) is 0 Å². The van der Waals surface area contributed by atoms with Crippen LogP contribution in [0.4, 0.5) is 0 Å². The van der Waals surface area contributed by atoms with Crippen LogP contribution in [0.1, 0.15) is 44.7 Å². The maximum atomic E-state index is 5.23. The number of benzene rings is 1. The number of aliphatic imine (C=N–C) groups is 1. The van der Waals surface area contributed by atoms with Gasteiger partial charge in [-0.15, -0.1) is 0 Å². The standard InChI is InChI=1S/C13H15NO.C3H8/c1-9-8-11(5-7-13(9)15-3)12-6-4-10(2)14-12;1-3-2/h4-5,7-8H,6H2,1-3H3;3H2,1-2H3. The molecule has 1 aliphatic rings. The summed E-state index contributed by atoms with van der Waals surface area (Å²) in [6.45, 7) is 8.33. The molecule has 0 saturated carbocycles. The highest BCUT2D eigenvalue weighted by atomic mass is 16.5. The van der Waals surface area contributed by atoms with Gasteiger partial charge in [0.05, 0.1) is 12.8 Å².